The van der Waals surface area contributed by atoms with E-state index in [1.807, 2.05) is 53.5 Å². The van der Waals surface area contributed by atoms with Crippen LogP contribution in [-0.2, 0) is 71.3 Å². The Balaban J connectivity index is 1.03. The third-order valence-electron chi connectivity index (χ3n) is 17.9. The first-order chi connectivity index (χ1) is 48.5. The zero-order valence-electron chi connectivity index (χ0n) is 58.5. The van der Waals surface area contributed by atoms with Crippen molar-refractivity contribution in [1.82, 2.24) is 15.4 Å². The molecular weight excluding hydrogens is 1490 g/mol. The number of rotatable bonds is 34. The number of aliphatic hydroxyl groups excluding tert-OH is 4. The highest BCUT2D eigenvalue weighted by Gasteiger charge is 2.52. The van der Waals surface area contributed by atoms with E-state index in [2.05, 4.69) is 34.1 Å². The molecule has 2 bridgehead atoms. The predicted molar refractivity (Wildman–Crippen MR) is 379 cm³/mol. The van der Waals surface area contributed by atoms with Gasteiger partial charge in [-0.15, -0.1) is 0 Å². The van der Waals surface area contributed by atoms with Crippen molar-refractivity contribution in [3.8, 4) is 40.9 Å². The van der Waals surface area contributed by atoms with Crippen LogP contribution >= 0.6 is 55.9 Å². The summed E-state index contributed by atoms with van der Waals surface area (Å²) in [6.45, 7) is 13.2. The molecule has 4 fully saturated rings. The number of Topliss-reactive ketones (excluding diaryl/α,β-unsaturated/α-hetero) is 2. The molecule has 101 heavy (non-hydrogen) atoms. The number of aliphatic hydroxyl groups is 5. The van der Waals surface area contributed by atoms with Gasteiger partial charge >= 0.3 is 5.97 Å². The number of nitrogens with one attached hydrogen (secondary N) is 1. The molecule has 2 aromatic rings. The Morgan fingerprint density at radius 3 is 2.28 bits per heavy atom. The number of nitrogens with zero attached hydrogens (tertiary/aromatic N) is 2. The van der Waals surface area contributed by atoms with Crippen molar-refractivity contribution in [1.29, 1.82) is 0 Å². The highest BCUT2D eigenvalue weighted by atomic mass is 127. The van der Waals surface area contributed by atoms with Gasteiger partial charge in [0.1, 0.15) is 47.4 Å². The Hall–Kier alpha value is -4.35. The first kappa shape index (κ1) is 82.3. The molecule has 1 aromatic heterocycles. The highest BCUT2D eigenvalue weighted by molar-refractivity contribution is 14.1. The van der Waals surface area contributed by atoms with E-state index < -0.39 is 145 Å². The summed E-state index contributed by atoms with van der Waals surface area (Å²) in [5.74, 6) is 10.7. The Labute approximate surface area is 615 Å². The van der Waals surface area contributed by atoms with Crippen LogP contribution in [-0.4, -0.2) is 261 Å². The molecule has 6 N–H and O–H groups in total. The number of allylic oxidation sites excluding steroid dienone is 2. The molecular formula is C70H94IN3O24S3. The van der Waals surface area contributed by atoms with Crippen molar-refractivity contribution in [2.24, 2.45) is 0 Å². The minimum Gasteiger partial charge on any atom is -0.492 e. The van der Waals surface area contributed by atoms with Crippen LogP contribution in [0.4, 0.5) is 0 Å². The Bertz CT molecular complexity index is 3340. The van der Waals surface area contributed by atoms with E-state index in [4.69, 9.17) is 71.2 Å². The summed E-state index contributed by atoms with van der Waals surface area (Å²) in [5, 5.41) is 58.4. The number of halogens is 1. The minimum atomic E-state index is -2.10. The molecule has 0 unspecified atom stereocenters. The summed E-state index contributed by atoms with van der Waals surface area (Å²) in [4.78, 5) is 68.3. The average molecular weight is 1580 g/mol. The number of pyridine rings is 1. The van der Waals surface area contributed by atoms with Gasteiger partial charge in [0.2, 0.25) is 17.2 Å². The van der Waals surface area contributed by atoms with Crippen molar-refractivity contribution in [2.45, 2.75) is 207 Å². The Morgan fingerprint density at radius 2 is 1.59 bits per heavy atom. The minimum absolute atomic E-state index is 0.0128. The average Bonchev–Trinajstić information content (AvgIpc) is 1.33. The zero-order chi connectivity index (χ0) is 73.1. The molecule has 8 rings (SSSR count). The topological polar surface area (TPSA) is 336 Å². The second-order valence-electron chi connectivity index (χ2n) is 24.7. The lowest BCUT2D eigenvalue weighted by atomic mass is 9.72. The fourth-order valence-corrected chi connectivity index (χ4v) is 16.1. The molecule has 0 saturated carbocycles. The molecule has 4 saturated heterocycles. The lowest BCUT2D eigenvalue weighted by Gasteiger charge is -2.47. The second-order valence-corrected chi connectivity index (χ2v) is 29.3. The summed E-state index contributed by atoms with van der Waals surface area (Å²) in [7, 11) is 9.58. The first-order valence-corrected chi connectivity index (χ1v) is 37.8. The number of carbonyl (C=O) groups excluding carboxylic acids is 4. The monoisotopic (exact) mass is 1580 g/mol. The molecule has 0 spiro atoms. The van der Waals surface area contributed by atoms with Gasteiger partial charge in [-0.25, -0.2) is 4.98 Å². The molecule has 0 amide bonds. The standard InChI is InChI=1S/C70H94IN3O24S3/c1-12-27-89-29-30-90-28-20-21-42(75)36-74(13-2)45-37-91-52(34-49(45)84-7)96-64-59(80)57(39(4)93-69(64)95-48-22-16-14-15-18-25-70(83)35-47(77)43(32-51(78)85-8)55(48)44(70)24-31-99-101-50-23-17-19-26-72-50)73-98-53-33-46(76)66(41(6)92-53)100-67(82)54-38(3)56(71)62(65(88-11)61(54)86-9)97-68-60(81)63(87-10)58(79)40(5)94-68/h14-15,17,19,23-24,26,39-41,45-46,48-49,52-53,57-60,63-64,66,68-69,73,76,79-81,83H,12-13,20-21,27-37H2,1-11H3/b15-14-,44-24+/t39-,40+,41-,45+,46+,48+,49+,52+,53+,57-,58+,59+,60-,63-,64-,66-,68+,69+,70+/m1/s1. The molecule has 19 atom stereocenters. The molecule has 558 valence electrons. The van der Waals surface area contributed by atoms with Gasteiger partial charge in [-0.2, -0.15) is 5.48 Å². The molecule has 1 aromatic carbocycles. The Morgan fingerprint density at radius 1 is 0.851 bits per heavy atom. The van der Waals surface area contributed by atoms with Gasteiger partial charge in [0.25, 0.3) is 0 Å². The van der Waals surface area contributed by atoms with Crippen molar-refractivity contribution in [2.75, 3.05) is 87.4 Å². The smallest absolute Gasteiger partial charge is 0.310 e. The van der Waals surface area contributed by atoms with Crippen LogP contribution in [0.25, 0.3) is 0 Å². The van der Waals surface area contributed by atoms with Gasteiger partial charge in [0.05, 0.1) is 118 Å². The van der Waals surface area contributed by atoms with Gasteiger partial charge in [0.15, 0.2) is 41.8 Å². The molecule has 6 aliphatic rings. The van der Waals surface area contributed by atoms with Gasteiger partial charge in [0, 0.05) is 75.4 Å². The van der Waals surface area contributed by atoms with Crippen LogP contribution in [0.15, 0.2) is 64.4 Å². The van der Waals surface area contributed by atoms with Crippen LogP contribution in [0.5, 0.6) is 17.2 Å². The normalized spacial score (nSPS) is 31.9. The molecule has 27 nitrogen and oxygen atoms in total. The Kier molecular flexibility index (Phi) is 32.5. The predicted octanol–water partition coefficient (Wildman–Crippen LogP) is 5.13. The van der Waals surface area contributed by atoms with Crippen LogP contribution in [0.3, 0.4) is 0 Å². The quantitative estimate of drug-likeness (QED) is 0.0132. The van der Waals surface area contributed by atoms with E-state index in [0.717, 1.165) is 23.2 Å². The number of likely N-dealkylation sites (N-methyl/N-ethyl adjacent to an activating group) is 1. The van der Waals surface area contributed by atoms with Crippen molar-refractivity contribution >= 4 is 78.6 Å². The molecule has 0 radical (unpaired) electrons. The number of ether oxygens (including phenoxy) is 14. The molecule has 5 heterocycles. The van der Waals surface area contributed by atoms with Gasteiger partial charge in [-0.05, 0) is 110 Å². The van der Waals surface area contributed by atoms with Crippen molar-refractivity contribution in [3.05, 3.63) is 74.0 Å². The van der Waals surface area contributed by atoms with E-state index in [0.29, 0.717) is 54.9 Å². The number of aromatic nitrogens is 1. The number of fused-ring (bicyclic) bond motifs is 2. The van der Waals surface area contributed by atoms with Gasteiger partial charge in [-0.1, -0.05) is 72.2 Å². The number of carbonyl (C=O) groups is 4. The lowest BCUT2D eigenvalue weighted by Crippen LogP contribution is -2.65. The summed E-state index contributed by atoms with van der Waals surface area (Å²) in [5.41, 5.74) is 1.50. The number of hydrogen-bond acceptors (Lipinski definition) is 30. The molecule has 2 aliphatic carbocycles. The highest BCUT2D eigenvalue weighted by Crippen LogP contribution is 2.49. The van der Waals surface area contributed by atoms with E-state index in [1.165, 1.54) is 62.2 Å². The summed E-state index contributed by atoms with van der Waals surface area (Å²) in [6, 6.07) is 3.95. The first-order valence-electron chi connectivity index (χ1n) is 33.5. The fourth-order valence-electron chi connectivity index (χ4n) is 12.6. The maximum absolute atomic E-state index is 14.6. The number of methoxy groups -OCH3 is 5. The number of benzene rings is 1. The largest absolute Gasteiger partial charge is 0.492 e. The van der Waals surface area contributed by atoms with Crippen LogP contribution in [0, 0.1) is 34.2 Å². The third-order valence-corrected chi connectivity index (χ3v) is 22.7. The second kappa shape index (κ2) is 39.8. The number of hydroxylamine groups is 1. The van der Waals surface area contributed by atoms with E-state index in [1.54, 1.807) is 53.1 Å². The van der Waals surface area contributed by atoms with Crippen LogP contribution < -0.4 is 19.7 Å². The lowest BCUT2D eigenvalue weighted by molar-refractivity contribution is -0.337. The number of thioether (sulfide) groups is 1. The summed E-state index contributed by atoms with van der Waals surface area (Å²) < 4.78 is 85.1. The number of esters is 1. The number of hydrogen-bond donors (Lipinski definition) is 6. The van der Waals surface area contributed by atoms with Gasteiger partial charge < -0.3 is 91.8 Å². The third kappa shape index (κ3) is 21.0. The molecule has 31 heteroatoms. The molecule has 4 aliphatic heterocycles. The van der Waals surface area contributed by atoms with E-state index in [-0.39, 0.29) is 77.1 Å². The van der Waals surface area contributed by atoms with E-state index >= 15 is 0 Å². The number of ketones is 2. The zero-order valence-corrected chi connectivity index (χ0v) is 63.1. The van der Waals surface area contributed by atoms with Crippen molar-refractivity contribution < 1.29 is 116 Å². The van der Waals surface area contributed by atoms with Crippen molar-refractivity contribution in [3.63, 3.8) is 0 Å². The van der Waals surface area contributed by atoms with E-state index in [9.17, 15) is 44.7 Å². The maximum Gasteiger partial charge on any atom is 0.310 e. The maximum atomic E-state index is 14.6. The van der Waals surface area contributed by atoms with Crippen LogP contribution in [0.2, 0.25) is 0 Å². The van der Waals surface area contributed by atoms with Crippen LogP contribution in [0.1, 0.15) is 95.5 Å². The summed E-state index contributed by atoms with van der Waals surface area (Å²) in [6.07, 6.45) is -10.9. The van der Waals surface area contributed by atoms with Gasteiger partial charge in [-0.3, -0.25) is 28.9 Å². The SMILES string of the molecule is CCCOCCOCCCC(=O)CN(CC)[C@H]1CO[C@@H](O[C@H]2[C@H](O[C@H]3C#C/C=C\C#C[C@]4(O)CC(=O)C(CC(=O)OC)=C3/C4=C\CSSc3ccccn3)O[C@H](C)[C@@H](NO[C@H]3C[C@H](O)[C@H](SC(=O)c4c(C)c(I)c(O[C@@H]5O[C@@H](C)[C@H](O)[C@@H](OC)[C@H]5O)c(OC)c4OC)[C@@H](C)O3)[C@@H]2O)C[C@@H]1OC. The summed E-state index contributed by atoms with van der Waals surface area (Å²) >= 11 is 2.81. The fraction of sp³-hybridized carbons (Fsp3) is 0.643.